The van der Waals surface area contributed by atoms with Crippen LogP contribution in [0.25, 0.3) is 11.1 Å². The van der Waals surface area contributed by atoms with Gasteiger partial charge in [0.2, 0.25) is 11.1 Å². The molecule has 4 rings (SSSR count). The fraction of sp³-hybridized carbons (Fsp3) is 0.367. The molecule has 1 aliphatic rings. The summed E-state index contributed by atoms with van der Waals surface area (Å²) in [5.41, 5.74) is 3.34. The standard InChI is InChI=1S/C30H35N3O7S/c1-18(2)17-41(37)40-21-10-11-23(27(15-21)38-7)22-12-13-25-28(32(6)29(34)30(4,5)31-25)24(22)16-39-26-14-20(33(35)36)9-8-19(26)3/h8-15,18,31H,16-17H2,1-7H3. The van der Waals surface area contributed by atoms with E-state index in [0.717, 1.165) is 16.8 Å². The summed E-state index contributed by atoms with van der Waals surface area (Å²) in [6.07, 6.45) is 0. The molecule has 0 saturated carbocycles. The predicted octanol–water partition coefficient (Wildman–Crippen LogP) is 6.02. The Bertz CT molecular complexity index is 1520. The number of carbonyl (C=O) groups excluding carboxylic acids is 1. The van der Waals surface area contributed by atoms with E-state index in [1.54, 1.807) is 30.1 Å². The van der Waals surface area contributed by atoms with Gasteiger partial charge in [0, 0.05) is 30.3 Å². The van der Waals surface area contributed by atoms with Crippen molar-refractivity contribution in [1.82, 2.24) is 0 Å². The molecule has 0 fully saturated rings. The summed E-state index contributed by atoms with van der Waals surface area (Å²) in [6.45, 7) is 9.40. The van der Waals surface area contributed by atoms with E-state index in [1.807, 2.05) is 52.8 Å². The number of fused-ring (bicyclic) bond motifs is 1. The number of non-ortho nitro benzene ring substituents is 1. The number of nitrogens with zero attached hydrogens (tertiary/aromatic N) is 2. The Hall–Kier alpha value is -4.12. The van der Waals surface area contributed by atoms with Gasteiger partial charge in [-0.25, -0.2) is 4.21 Å². The number of carbonyl (C=O) groups is 1. The zero-order valence-corrected chi connectivity index (χ0v) is 25.1. The van der Waals surface area contributed by atoms with E-state index in [1.165, 1.54) is 19.2 Å². The summed E-state index contributed by atoms with van der Waals surface area (Å²) in [7, 11) is 3.25. The van der Waals surface area contributed by atoms with Gasteiger partial charge >= 0.3 is 0 Å². The summed E-state index contributed by atoms with van der Waals surface area (Å²) < 4.78 is 29.9. The Balaban J connectivity index is 1.82. The third-order valence-electron chi connectivity index (χ3n) is 6.78. The molecule has 0 radical (unpaired) electrons. The number of aryl methyl sites for hydroxylation is 1. The highest BCUT2D eigenvalue weighted by Crippen LogP contribution is 2.45. The van der Waals surface area contributed by atoms with Crippen LogP contribution in [-0.4, -0.2) is 40.5 Å². The van der Waals surface area contributed by atoms with E-state index in [9.17, 15) is 19.1 Å². The quantitative estimate of drug-likeness (QED) is 0.228. The van der Waals surface area contributed by atoms with Crippen LogP contribution < -0.4 is 23.9 Å². The van der Waals surface area contributed by atoms with Crippen molar-refractivity contribution in [1.29, 1.82) is 0 Å². The Morgan fingerprint density at radius 3 is 2.44 bits per heavy atom. The highest BCUT2D eigenvalue weighted by atomic mass is 32.2. The molecule has 0 aliphatic carbocycles. The summed E-state index contributed by atoms with van der Waals surface area (Å²) >= 11 is -1.49. The van der Waals surface area contributed by atoms with Crippen LogP contribution in [-0.2, 0) is 22.5 Å². The van der Waals surface area contributed by atoms with Crippen molar-refractivity contribution in [3.05, 3.63) is 69.8 Å². The van der Waals surface area contributed by atoms with Crippen LogP contribution in [0.15, 0.2) is 48.5 Å². The minimum absolute atomic E-state index is 0.0139. The lowest BCUT2D eigenvalue weighted by Gasteiger charge is -2.39. The van der Waals surface area contributed by atoms with Crippen molar-refractivity contribution in [2.75, 3.05) is 30.1 Å². The van der Waals surface area contributed by atoms with Crippen molar-refractivity contribution < 1.29 is 27.6 Å². The first-order valence-corrected chi connectivity index (χ1v) is 14.4. The van der Waals surface area contributed by atoms with E-state index in [0.29, 0.717) is 39.8 Å². The number of ether oxygens (including phenoxy) is 2. The number of anilines is 2. The number of rotatable bonds is 10. The van der Waals surface area contributed by atoms with Gasteiger partial charge in [-0.15, -0.1) is 0 Å². The molecule has 1 amide bonds. The molecular weight excluding hydrogens is 546 g/mol. The lowest BCUT2D eigenvalue weighted by Crippen LogP contribution is -2.52. The van der Waals surface area contributed by atoms with Crippen LogP contribution in [0.1, 0.15) is 38.8 Å². The molecule has 3 aromatic rings. The van der Waals surface area contributed by atoms with E-state index in [-0.39, 0.29) is 24.1 Å². The van der Waals surface area contributed by atoms with Gasteiger partial charge in [0.05, 0.1) is 35.2 Å². The maximum Gasteiger partial charge on any atom is 0.273 e. The van der Waals surface area contributed by atoms with E-state index >= 15 is 0 Å². The molecule has 1 unspecified atom stereocenters. The second-order valence-electron chi connectivity index (χ2n) is 10.9. The molecule has 0 spiro atoms. The van der Waals surface area contributed by atoms with Crippen LogP contribution in [0, 0.1) is 23.0 Å². The smallest absolute Gasteiger partial charge is 0.273 e. The number of nitrogens with one attached hydrogen (secondary N) is 1. The van der Waals surface area contributed by atoms with Gasteiger partial charge in [-0.3, -0.25) is 14.9 Å². The number of likely N-dealkylation sites (N-methyl/N-ethyl adjacent to an activating group) is 1. The summed E-state index contributed by atoms with van der Waals surface area (Å²) in [5.74, 6) is 1.74. The van der Waals surface area contributed by atoms with E-state index in [4.69, 9.17) is 13.7 Å². The molecule has 41 heavy (non-hydrogen) atoms. The highest BCUT2D eigenvalue weighted by molar-refractivity contribution is 7.80. The third kappa shape index (κ3) is 6.30. The minimum Gasteiger partial charge on any atom is -0.496 e. The number of nitro groups is 1. The third-order valence-corrected chi connectivity index (χ3v) is 8.10. The minimum atomic E-state index is -1.49. The summed E-state index contributed by atoms with van der Waals surface area (Å²) in [5, 5.41) is 14.7. The number of amides is 1. The Morgan fingerprint density at radius 2 is 1.78 bits per heavy atom. The molecule has 1 heterocycles. The highest BCUT2D eigenvalue weighted by Gasteiger charge is 2.38. The Kier molecular flexibility index (Phi) is 8.58. The fourth-order valence-corrected chi connectivity index (χ4v) is 5.73. The maximum atomic E-state index is 13.3. The van der Waals surface area contributed by atoms with E-state index in [2.05, 4.69) is 5.32 Å². The molecule has 0 saturated heterocycles. The van der Waals surface area contributed by atoms with Crippen molar-refractivity contribution in [2.24, 2.45) is 5.92 Å². The molecule has 3 aromatic carbocycles. The number of nitro benzene ring substituents is 1. The first-order valence-electron chi connectivity index (χ1n) is 13.2. The van der Waals surface area contributed by atoms with Gasteiger partial charge in [0.1, 0.15) is 29.4 Å². The molecule has 1 atom stereocenters. The van der Waals surface area contributed by atoms with Crippen molar-refractivity contribution in [3.63, 3.8) is 0 Å². The summed E-state index contributed by atoms with van der Waals surface area (Å²) in [6, 6.07) is 13.5. The average Bonchev–Trinajstić information content (AvgIpc) is 2.90. The zero-order chi connectivity index (χ0) is 30.1. The number of benzene rings is 3. The molecule has 11 heteroatoms. The van der Waals surface area contributed by atoms with Gasteiger partial charge in [-0.1, -0.05) is 19.9 Å². The topological polar surface area (TPSA) is 120 Å². The Labute approximate surface area is 242 Å². The average molecular weight is 582 g/mol. The fourth-order valence-electron chi connectivity index (χ4n) is 4.80. The van der Waals surface area contributed by atoms with Gasteiger partial charge in [0.25, 0.3) is 11.6 Å². The largest absolute Gasteiger partial charge is 0.496 e. The lowest BCUT2D eigenvalue weighted by atomic mass is 9.91. The SMILES string of the molecule is COc1cc(OS(=O)CC(C)C)ccc1-c1ccc2c(c1COc1cc([N+](=O)[O-])ccc1C)N(C)C(=O)C(C)(C)N2. The van der Waals surface area contributed by atoms with Crippen LogP contribution in [0.2, 0.25) is 0 Å². The normalized spacial score (nSPS) is 14.7. The van der Waals surface area contributed by atoms with Gasteiger partial charge < -0.3 is 23.9 Å². The second kappa shape index (κ2) is 11.8. The lowest BCUT2D eigenvalue weighted by molar-refractivity contribution is -0.385. The van der Waals surface area contributed by atoms with Gasteiger partial charge in [-0.2, -0.15) is 0 Å². The number of methoxy groups -OCH3 is 1. The van der Waals surface area contributed by atoms with Crippen LogP contribution in [0.5, 0.6) is 17.2 Å². The Morgan fingerprint density at radius 1 is 1.07 bits per heavy atom. The molecule has 1 N–H and O–H groups in total. The number of hydrogen-bond donors (Lipinski definition) is 1. The van der Waals surface area contributed by atoms with Crippen molar-refractivity contribution in [3.8, 4) is 28.4 Å². The van der Waals surface area contributed by atoms with Crippen LogP contribution >= 0.6 is 0 Å². The van der Waals surface area contributed by atoms with Gasteiger partial charge in [0.15, 0.2) is 0 Å². The first kappa shape index (κ1) is 29.9. The molecule has 0 bridgehead atoms. The van der Waals surface area contributed by atoms with Crippen LogP contribution in [0.3, 0.4) is 0 Å². The van der Waals surface area contributed by atoms with Gasteiger partial charge in [-0.05, 0) is 62.1 Å². The van der Waals surface area contributed by atoms with Crippen molar-refractivity contribution >= 4 is 34.0 Å². The summed E-state index contributed by atoms with van der Waals surface area (Å²) in [4.78, 5) is 25.8. The zero-order valence-electron chi connectivity index (χ0n) is 24.3. The molecule has 0 aromatic heterocycles. The monoisotopic (exact) mass is 581 g/mol. The van der Waals surface area contributed by atoms with E-state index < -0.39 is 21.5 Å². The van der Waals surface area contributed by atoms with Crippen molar-refractivity contribution in [2.45, 2.75) is 46.8 Å². The molecule has 218 valence electrons. The van der Waals surface area contributed by atoms with Crippen LogP contribution in [0.4, 0.5) is 17.1 Å². The molecule has 10 nitrogen and oxygen atoms in total. The second-order valence-corrected chi connectivity index (χ2v) is 12.0. The first-order chi connectivity index (χ1) is 19.3. The predicted molar refractivity (Wildman–Crippen MR) is 160 cm³/mol. The molecule has 1 aliphatic heterocycles. The maximum absolute atomic E-state index is 13.3. The molecular formula is C30H35N3O7S. The number of hydrogen-bond acceptors (Lipinski definition) is 8.